The van der Waals surface area contributed by atoms with E-state index in [9.17, 15) is 0 Å². The normalized spacial score (nSPS) is 24.3. The van der Waals surface area contributed by atoms with Crippen LogP contribution in [0.2, 0.25) is 0 Å². The predicted octanol–water partition coefficient (Wildman–Crippen LogP) is 2.75. The lowest BCUT2D eigenvalue weighted by Crippen LogP contribution is -2.04. The second-order valence-electron chi connectivity index (χ2n) is 5.07. The van der Waals surface area contributed by atoms with Crippen molar-refractivity contribution in [2.75, 3.05) is 6.54 Å². The van der Waals surface area contributed by atoms with Gasteiger partial charge in [-0.25, -0.2) is 0 Å². The molecule has 1 aliphatic carbocycles. The Labute approximate surface area is 92.7 Å². The van der Waals surface area contributed by atoms with Gasteiger partial charge in [0.1, 0.15) is 0 Å². The summed E-state index contributed by atoms with van der Waals surface area (Å²) in [6.45, 7) is 7.50. The molecule has 2 N–H and O–H groups in total. The van der Waals surface area contributed by atoms with Gasteiger partial charge in [0.2, 0.25) is 0 Å². The van der Waals surface area contributed by atoms with Crippen molar-refractivity contribution in [2.45, 2.75) is 33.6 Å². The van der Waals surface area contributed by atoms with Crippen LogP contribution in [0.4, 0.5) is 0 Å². The van der Waals surface area contributed by atoms with Gasteiger partial charge in [0, 0.05) is 0 Å². The van der Waals surface area contributed by atoms with E-state index in [1.165, 1.54) is 29.5 Å². The summed E-state index contributed by atoms with van der Waals surface area (Å²) in [5.74, 6) is 1.65. The molecule has 0 radical (unpaired) electrons. The van der Waals surface area contributed by atoms with Gasteiger partial charge >= 0.3 is 0 Å². The molecule has 1 nitrogen and oxygen atoms in total. The molecule has 1 fully saturated rings. The van der Waals surface area contributed by atoms with E-state index in [4.69, 9.17) is 5.73 Å². The van der Waals surface area contributed by atoms with E-state index in [0.29, 0.717) is 0 Å². The number of aryl methyl sites for hydroxylation is 3. The summed E-state index contributed by atoms with van der Waals surface area (Å²) in [5, 5.41) is 0. The molecule has 1 aliphatic rings. The van der Waals surface area contributed by atoms with Crippen molar-refractivity contribution in [2.24, 2.45) is 17.6 Å². The van der Waals surface area contributed by atoms with E-state index in [0.717, 1.165) is 18.4 Å². The van der Waals surface area contributed by atoms with Crippen molar-refractivity contribution < 1.29 is 0 Å². The number of nitrogens with two attached hydrogens (primary N) is 1. The molecule has 0 amide bonds. The quantitative estimate of drug-likeness (QED) is 0.803. The molecule has 2 rings (SSSR count). The van der Waals surface area contributed by atoms with Crippen molar-refractivity contribution >= 4 is 0 Å². The monoisotopic (exact) mass is 203 g/mol. The minimum atomic E-state index is 0.796. The maximum atomic E-state index is 5.68. The van der Waals surface area contributed by atoms with Crippen molar-refractivity contribution in [1.82, 2.24) is 0 Å². The second kappa shape index (κ2) is 3.97. The number of benzene rings is 1. The van der Waals surface area contributed by atoms with Crippen LogP contribution in [0.15, 0.2) is 12.1 Å². The zero-order valence-corrected chi connectivity index (χ0v) is 10.0. The number of hydrogen-bond donors (Lipinski definition) is 1. The Balaban J connectivity index is 2.15. The van der Waals surface area contributed by atoms with E-state index in [-0.39, 0.29) is 0 Å². The van der Waals surface area contributed by atoms with Crippen LogP contribution in [0, 0.1) is 32.6 Å². The van der Waals surface area contributed by atoms with Gasteiger partial charge in [0.05, 0.1) is 0 Å². The van der Waals surface area contributed by atoms with Gasteiger partial charge in [0.15, 0.2) is 0 Å². The van der Waals surface area contributed by atoms with E-state index in [1.54, 1.807) is 5.56 Å². The molecule has 82 valence electrons. The highest BCUT2D eigenvalue weighted by Gasteiger charge is 2.35. The van der Waals surface area contributed by atoms with E-state index in [2.05, 4.69) is 32.9 Å². The van der Waals surface area contributed by atoms with Crippen LogP contribution in [0.5, 0.6) is 0 Å². The van der Waals surface area contributed by atoms with Crippen LogP contribution in [0.1, 0.15) is 28.7 Å². The Bertz CT molecular complexity index is 345. The minimum absolute atomic E-state index is 0.796. The molecule has 15 heavy (non-hydrogen) atoms. The average molecular weight is 203 g/mol. The Hall–Kier alpha value is -0.820. The Morgan fingerprint density at radius 2 is 1.73 bits per heavy atom. The van der Waals surface area contributed by atoms with E-state index >= 15 is 0 Å². The minimum Gasteiger partial charge on any atom is -0.330 e. The zero-order valence-electron chi connectivity index (χ0n) is 10.0. The zero-order chi connectivity index (χ0) is 11.0. The third kappa shape index (κ3) is 2.23. The van der Waals surface area contributed by atoms with Crippen molar-refractivity contribution in [3.63, 3.8) is 0 Å². The number of rotatable bonds is 3. The SMILES string of the molecule is Cc1cc(C)c(C[C@@H]2C[C@H]2CN)c(C)c1. The maximum absolute atomic E-state index is 5.68. The molecule has 0 bridgehead atoms. The molecule has 1 saturated carbocycles. The van der Waals surface area contributed by atoms with Crippen molar-refractivity contribution in [3.05, 3.63) is 34.4 Å². The lowest BCUT2D eigenvalue weighted by Gasteiger charge is -2.11. The van der Waals surface area contributed by atoms with Crippen LogP contribution < -0.4 is 5.73 Å². The topological polar surface area (TPSA) is 26.0 Å². The molecule has 1 heteroatoms. The second-order valence-corrected chi connectivity index (χ2v) is 5.07. The van der Waals surface area contributed by atoms with Crippen LogP contribution in [-0.2, 0) is 6.42 Å². The molecular formula is C14H21N. The molecule has 0 aromatic heterocycles. The Kier molecular flexibility index (Phi) is 2.83. The molecule has 1 aromatic rings. The molecule has 0 spiro atoms. The summed E-state index contributed by atoms with van der Waals surface area (Å²) < 4.78 is 0. The summed E-state index contributed by atoms with van der Waals surface area (Å²) in [6.07, 6.45) is 2.57. The summed E-state index contributed by atoms with van der Waals surface area (Å²) in [4.78, 5) is 0. The van der Waals surface area contributed by atoms with Gasteiger partial charge in [0.25, 0.3) is 0 Å². The molecule has 2 atom stereocenters. The van der Waals surface area contributed by atoms with Gasteiger partial charge in [-0.05, 0) is 68.7 Å². The van der Waals surface area contributed by atoms with Crippen molar-refractivity contribution in [1.29, 1.82) is 0 Å². The van der Waals surface area contributed by atoms with Gasteiger partial charge in [-0.15, -0.1) is 0 Å². The first kappa shape index (κ1) is 10.7. The fraction of sp³-hybridized carbons (Fsp3) is 0.571. The first-order chi connectivity index (χ1) is 7.11. The molecule has 1 aromatic carbocycles. The first-order valence-electron chi connectivity index (χ1n) is 5.88. The summed E-state index contributed by atoms with van der Waals surface area (Å²) >= 11 is 0. The van der Waals surface area contributed by atoms with E-state index < -0.39 is 0 Å². The number of hydrogen-bond acceptors (Lipinski definition) is 1. The predicted molar refractivity (Wildman–Crippen MR) is 65.0 cm³/mol. The van der Waals surface area contributed by atoms with Crippen LogP contribution in [0.25, 0.3) is 0 Å². The van der Waals surface area contributed by atoms with Gasteiger partial charge < -0.3 is 5.73 Å². The van der Waals surface area contributed by atoms with Gasteiger partial charge in [-0.2, -0.15) is 0 Å². The Morgan fingerprint density at radius 1 is 1.13 bits per heavy atom. The third-order valence-corrected chi connectivity index (χ3v) is 3.68. The first-order valence-corrected chi connectivity index (χ1v) is 5.88. The highest BCUT2D eigenvalue weighted by molar-refractivity contribution is 5.38. The van der Waals surface area contributed by atoms with Gasteiger partial charge in [-0.1, -0.05) is 17.7 Å². The smallest absolute Gasteiger partial charge is 0.00460 e. The largest absolute Gasteiger partial charge is 0.330 e. The highest BCUT2D eigenvalue weighted by Crippen LogP contribution is 2.41. The van der Waals surface area contributed by atoms with Crippen LogP contribution in [-0.4, -0.2) is 6.54 Å². The average Bonchev–Trinajstić information content (AvgIpc) is 2.89. The lowest BCUT2D eigenvalue weighted by atomic mass is 9.95. The molecule has 0 unspecified atom stereocenters. The van der Waals surface area contributed by atoms with Crippen LogP contribution in [0.3, 0.4) is 0 Å². The molecule has 0 aliphatic heterocycles. The standard InChI is InChI=1S/C14H21N/c1-9-4-10(2)14(11(3)5-9)7-12-6-13(12)8-15/h4-5,12-13H,6-8,15H2,1-3H3/t12-,13-/m0/s1. The van der Waals surface area contributed by atoms with Crippen molar-refractivity contribution in [3.8, 4) is 0 Å². The molecule has 0 saturated heterocycles. The highest BCUT2D eigenvalue weighted by atomic mass is 14.6. The molecular weight excluding hydrogens is 182 g/mol. The summed E-state index contributed by atoms with van der Waals surface area (Å²) in [6, 6.07) is 4.59. The van der Waals surface area contributed by atoms with Gasteiger partial charge in [-0.3, -0.25) is 0 Å². The summed E-state index contributed by atoms with van der Waals surface area (Å²) in [7, 11) is 0. The maximum Gasteiger partial charge on any atom is -0.00460 e. The molecule has 0 heterocycles. The van der Waals surface area contributed by atoms with E-state index in [1.807, 2.05) is 0 Å². The fourth-order valence-corrected chi connectivity index (χ4v) is 2.64. The van der Waals surface area contributed by atoms with Crippen LogP contribution >= 0.6 is 0 Å². The third-order valence-electron chi connectivity index (χ3n) is 3.68. The summed E-state index contributed by atoms with van der Waals surface area (Å²) in [5.41, 5.74) is 11.5. The Morgan fingerprint density at radius 3 is 2.20 bits per heavy atom. The lowest BCUT2D eigenvalue weighted by molar-refractivity contribution is 0.700. The fourth-order valence-electron chi connectivity index (χ4n) is 2.64.